The summed E-state index contributed by atoms with van der Waals surface area (Å²) in [5.74, 6) is -0.621. The number of morpholine rings is 1. The zero-order valence-electron chi connectivity index (χ0n) is 17.7. The number of nitrogens with one attached hydrogen (secondary N) is 1. The van der Waals surface area contributed by atoms with E-state index in [9.17, 15) is 18.0 Å². The van der Waals surface area contributed by atoms with Crippen molar-refractivity contribution in [1.82, 2.24) is 9.21 Å². The highest BCUT2D eigenvalue weighted by atomic mass is 35.5. The minimum absolute atomic E-state index is 0.197. The summed E-state index contributed by atoms with van der Waals surface area (Å²) in [6, 6.07) is 11.0. The van der Waals surface area contributed by atoms with Crippen molar-refractivity contribution in [3.63, 3.8) is 0 Å². The van der Waals surface area contributed by atoms with Crippen LogP contribution in [-0.2, 0) is 19.6 Å². The quantitative estimate of drug-likeness (QED) is 0.645. The maximum Gasteiger partial charge on any atom is 0.254 e. The lowest BCUT2D eigenvalue weighted by atomic mass is 10.1. The van der Waals surface area contributed by atoms with Crippen molar-refractivity contribution in [3.8, 4) is 0 Å². The van der Waals surface area contributed by atoms with Crippen molar-refractivity contribution < 1.29 is 22.7 Å². The summed E-state index contributed by atoms with van der Waals surface area (Å²) >= 11 is 6.16. The number of carbonyl (C=O) groups is 2. The zero-order chi connectivity index (χ0) is 23.3. The van der Waals surface area contributed by atoms with Gasteiger partial charge in [-0.1, -0.05) is 23.7 Å². The molecular weight excluding hydrogens is 454 g/mol. The highest BCUT2D eigenvalue weighted by Crippen LogP contribution is 2.22. The number of rotatable bonds is 6. The lowest BCUT2D eigenvalue weighted by Gasteiger charge is -2.26. The predicted octanol–water partition coefficient (Wildman–Crippen LogP) is 2.71. The number of hydrogen-bond donors (Lipinski definition) is 1. The normalized spacial score (nSPS) is 15.0. The van der Waals surface area contributed by atoms with Crippen molar-refractivity contribution in [3.05, 3.63) is 64.7 Å². The molecule has 1 heterocycles. The number of benzene rings is 2. The van der Waals surface area contributed by atoms with Gasteiger partial charge in [0.1, 0.15) is 0 Å². The monoisotopic (exact) mass is 477 g/mol. The fourth-order valence-corrected chi connectivity index (χ4v) is 4.72. The molecule has 0 radical (unpaired) electrons. The summed E-state index contributed by atoms with van der Waals surface area (Å²) in [5, 5.41) is 2.92. The predicted molar refractivity (Wildman–Crippen MR) is 123 cm³/mol. The van der Waals surface area contributed by atoms with Gasteiger partial charge in [-0.15, -0.1) is 0 Å². The van der Waals surface area contributed by atoms with Crippen molar-refractivity contribution in [2.24, 2.45) is 0 Å². The maximum absolute atomic E-state index is 12.7. The van der Waals surface area contributed by atoms with Crippen molar-refractivity contribution >= 4 is 45.2 Å². The summed E-state index contributed by atoms with van der Waals surface area (Å²) in [4.78, 5) is 25.9. The maximum atomic E-state index is 12.7. The van der Waals surface area contributed by atoms with E-state index in [0.29, 0.717) is 43.1 Å². The fourth-order valence-electron chi connectivity index (χ4n) is 3.05. The van der Waals surface area contributed by atoms with Gasteiger partial charge in [0.25, 0.3) is 5.91 Å². The molecule has 32 heavy (non-hydrogen) atoms. The van der Waals surface area contributed by atoms with Crippen LogP contribution >= 0.6 is 11.6 Å². The largest absolute Gasteiger partial charge is 0.379 e. The molecule has 0 aromatic heterocycles. The van der Waals surface area contributed by atoms with Crippen LogP contribution < -0.4 is 5.32 Å². The van der Waals surface area contributed by atoms with E-state index in [4.69, 9.17) is 16.3 Å². The van der Waals surface area contributed by atoms with Crippen molar-refractivity contribution in [1.29, 1.82) is 0 Å². The van der Waals surface area contributed by atoms with Gasteiger partial charge < -0.3 is 15.0 Å². The average molecular weight is 478 g/mol. The lowest BCUT2D eigenvalue weighted by molar-refractivity contribution is -0.111. The molecule has 0 unspecified atom stereocenters. The molecule has 2 aromatic rings. The Kier molecular flexibility index (Phi) is 7.68. The molecular formula is C22H24ClN3O5S. The van der Waals surface area contributed by atoms with Crippen molar-refractivity contribution in [2.45, 2.75) is 4.90 Å². The molecule has 0 aliphatic carbocycles. The molecule has 0 atom stereocenters. The van der Waals surface area contributed by atoms with Gasteiger partial charge in [-0.25, -0.2) is 8.42 Å². The number of nitrogens with zero attached hydrogens (tertiary/aromatic N) is 2. The van der Waals surface area contributed by atoms with Crippen LogP contribution in [0.2, 0.25) is 5.02 Å². The number of amides is 2. The third-order valence-corrected chi connectivity index (χ3v) is 7.01. The van der Waals surface area contributed by atoms with Gasteiger partial charge in [-0.05, 0) is 42.0 Å². The second-order valence-corrected chi connectivity index (χ2v) is 9.65. The Morgan fingerprint density at radius 2 is 1.75 bits per heavy atom. The number of anilines is 1. The number of carbonyl (C=O) groups excluding carboxylic acids is 2. The first-order valence-electron chi connectivity index (χ1n) is 9.87. The molecule has 8 nitrogen and oxygen atoms in total. The van der Waals surface area contributed by atoms with E-state index in [1.807, 2.05) is 0 Å². The molecule has 1 fully saturated rings. The van der Waals surface area contributed by atoms with E-state index in [2.05, 4.69) is 5.32 Å². The van der Waals surface area contributed by atoms with E-state index in [-0.39, 0.29) is 15.8 Å². The minimum Gasteiger partial charge on any atom is -0.379 e. The molecule has 2 aromatic carbocycles. The minimum atomic E-state index is -3.56. The molecule has 1 aliphatic rings. The van der Waals surface area contributed by atoms with Gasteiger partial charge in [0.2, 0.25) is 15.9 Å². The molecule has 2 amide bonds. The second-order valence-electron chi connectivity index (χ2n) is 7.30. The first-order chi connectivity index (χ1) is 15.2. The fraction of sp³-hybridized carbons (Fsp3) is 0.273. The van der Waals surface area contributed by atoms with Gasteiger partial charge in [0.05, 0.1) is 28.7 Å². The van der Waals surface area contributed by atoms with E-state index < -0.39 is 15.9 Å². The summed E-state index contributed by atoms with van der Waals surface area (Å²) < 4.78 is 31.9. The molecule has 10 heteroatoms. The Bertz CT molecular complexity index is 1120. The first-order valence-corrected chi connectivity index (χ1v) is 11.7. The van der Waals surface area contributed by atoms with Gasteiger partial charge in [0.15, 0.2) is 0 Å². The summed E-state index contributed by atoms with van der Waals surface area (Å²) in [7, 11) is -0.302. The third-order valence-electron chi connectivity index (χ3n) is 4.79. The summed E-state index contributed by atoms with van der Waals surface area (Å²) in [6.07, 6.45) is 2.91. The van der Waals surface area contributed by atoms with Crippen LogP contribution in [0.3, 0.4) is 0 Å². The highest BCUT2D eigenvalue weighted by molar-refractivity contribution is 7.89. The van der Waals surface area contributed by atoms with Gasteiger partial charge >= 0.3 is 0 Å². The molecule has 3 rings (SSSR count). The first kappa shape index (κ1) is 23.9. The Balaban J connectivity index is 1.63. The second kappa shape index (κ2) is 10.3. The van der Waals surface area contributed by atoms with Crippen LogP contribution in [0.5, 0.6) is 0 Å². The van der Waals surface area contributed by atoms with Gasteiger partial charge in [0, 0.05) is 38.9 Å². The average Bonchev–Trinajstić information content (AvgIpc) is 2.78. The number of ether oxygens (including phenoxy) is 1. The Hall–Kier alpha value is -2.72. The topological polar surface area (TPSA) is 96.0 Å². The smallest absolute Gasteiger partial charge is 0.254 e. The van der Waals surface area contributed by atoms with Crippen LogP contribution in [0.25, 0.3) is 6.08 Å². The molecule has 1 saturated heterocycles. The number of halogens is 1. The molecule has 0 spiro atoms. The van der Waals surface area contributed by atoms with Crippen LogP contribution in [-0.4, -0.2) is 69.8 Å². The third kappa shape index (κ3) is 5.74. The summed E-state index contributed by atoms with van der Waals surface area (Å²) in [6.45, 7) is 1.43. The molecule has 0 saturated carbocycles. The Morgan fingerprint density at radius 3 is 2.34 bits per heavy atom. The number of hydrogen-bond acceptors (Lipinski definition) is 5. The van der Waals surface area contributed by atoms with E-state index in [1.165, 1.54) is 33.5 Å². The van der Waals surface area contributed by atoms with Crippen LogP contribution in [0.4, 0.5) is 5.69 Å². The molecule has 0 bridgehead atoms. The SMILES string of the molecule is CN(C)C(=O)c1ccc(NC(=O)/C=C/c2ccc(S(=O)(=O)N3CCOCC3)cc2)cc1Cl. The number of sulfonamides is 1. The van der Waals surface area contributed by atoms with E-state index in [1.54, 1.807) is 44.4 Å². The van der Waals surface area contributed by atoms with Crippen molar-refractivity contribution in [2.75, 3.05) is 45.7 Å². The highest BCUT2D eigenvalue weighted by Gasteiger charge is 2.25. The van der Waals surface area contributed by atoms with Gasteiger partial charge in [-0.2, -0.15) is 4.31 Å². The lowest BCUT2D eigenvalue weighted by Crippen LogP contribution is -2.40. The molecule has 170 valence electrons. The van der Waals surface area contributed by atoms with E-state index >= 15 is 0 Å². The van der Waals surface area contributed by atoms with Crippen LogP contribution in [0.1, 0.15) is 15.9 Å². The van der Waals surface area contributed by atoms with Crippen LogP contribution in [0, 0.1) is 0 Å². The standard InChI is InChI=1S/C22H24ClN3O5S/c1-25(2)22(28)19-9-6-17(15-20(19)23)24-21(27)10-5-16-3-7-18(8-4-16)32(29,30)26-11-13-31-14-12-26/h3-10,15H,11-14H2,1-2H3,(H,24,27)/b10-5+. The van der Waals surface area contributed by atoms with E-state index in [0.717, 1.165) is 0 Å². The Labute approximate surface area is 192 Å². The summed E-state index contributed by atoms with van der Waals surface area (Å²) in [5.41, 5.74) is 1.47. The Morgan fingerprint density at radius 1 is 1.09 bits per heavy atom. The molecule has 1 N–H and O–H groups in total. The van der Waals surface area contributed by atoms with Crippen LogP contribution in [0.15, 0.2) is 53.4 Å². The van der Waals surface area contributed by atoms with Gasteiger partial charge in [-0.3, -0.25) is 9.59 Å². The zero-order valence-corrected chi connectivity index (χ0v) is 19.3. The molecule has 1 aliphatic heterocycles.